The topological polar surface area (TPSA) is 92.5 Å². The quantitative estimate of drug-likeness (QED) is 0.811. The van der Waals surface area contributed by atoms with E-state index in [0.717, 1.165) is 0 Å². The molecule has 6 nitrogen and oxygen atoms in total. The van der Waals surface area contributed by atoms with Gasteiger partial charge in [0.1, 0.15) is 5.82 Å². The van der Waals surface area contributed by atoms with E-state index in [9.17, 15) is 18.8 Å². The molecule has 0 radical (unpaired) electrons. The molecule has 0 bridgehead atoms. The maximum Gasteiger partial charge on any atom is 0.253 e. The number of carbonyl (C=O) groups is 3. The molecule has 3 rings (SSSR count). The van der Waals surface area contributed by atoms with E-state index in [4.69, 9.17) is 5.73 Å². The molecule has 29 heavy (non-hydrogen) atoms. The number of primary amides is 1. The molecule has 0 aromatic heterocycles. The number of amides is 3. The van der Waals surface area contributed by atoms with Gasteiger partial charge in [0.15, 0.2) is 0 Å². The third-order valence-corrected chi connectivity index (χ3v) is 5.27. The Labute approximate surface area is 168 Å². The van der Waals surface area contributed by atoms with Gasteiger partial charge in [0.25, 0.3) is 5.91 Å². The number of likely N-dealkylation sites (tertiary alicyclic amines) is 1. The van der Waals surface area contributed by atoms with E-state index < -0.39 is 5.91 Å². The van der Waals surface area contributed by atoms with Crippen molar-refractivity contribution in [1.29, 1.82) is 0 Å². The summed E-state index contributed by atoms with van der Waals surface area (Å²) in [7, 11) is 0. The molecule has 0 unspecified atom stereocenters. The molecule has 0 aliphatic carbocycles. The van der Waals surface area contributed by atoms with Crippen molar-refractivity contribution < 1.29 is 18.8 Å². The minimum atomic E-state index is -0.538. The van der Waals surface area contributed by atoms with Crippen LogP contribution < -0.4 is 11.1 Å². The minimum absolute atomic E-state index is 0.0797. The molecule has 152 valence electrons. The minimum Gasteiger partial charge on any atom is -0.366 e. The fraction of sp³-hybridized carbons (Fsp3) is 0.318. The lowest BCUT2D eigenvalue weighted by molar-refractivity contribution is -0.126. The molecule has 7 heteroatoms. The molecule has 3 amide bonds. The standard InChI is InChI=1S/C22H24FN3O3/c1-14-2-3-15(12-19(14)23)13-25-21(28)17-8-10-26(11-9-17)22(29)18-6-4-16(5-7-18)20(24)27/h2-7,12,17H,8-11,13H2,1H3,(H2,24,27)(H,25,28). The number of halogens is 1. The van der Waals surface area contributed by atoms with Crippen molar-refractivity contribution in [2.45, 2.75) is 26.3 Å². The van der Waals surface area contributed by atoms with Crippen molar-refractivity contribution in [3.63, 3.8) is 0 Å². The van der Waals surface area contributed by atoms with Gasteiger partial charge < -0.3 is 16.0 Å². The molecule has 1 aliphatic rings. The van der Waals surface area contributed by atoms with Crippen LogP contribution in [0.5, 0.6) is 0 Å². The fourth-order valence-electron chi connectivity index (χ4n) is 3.38. The van der Waals surface area contributed by atoms with Gasteiger partial charge in [-0.3, -0.25) is 14.4 Å². The number of nitrogens with two attached hydrogens (primary N) is 1. The summed E-state index contributed by atoms with van der Waals surface area (Å²) in [4.78, 5) is 37.9. The lowest BCUT2D eigenvalue weighted by Gasteiger charge is -2.31. The molecule has 0 saturated carbocycles. The second-order valence-electron chi connectivity index (χ2n) is 7.31. The Hall–Kier alpha value is -3.22. The lowest BCUT2D eigenvalue weighted by Crippen LogP contribution is -2.42. The highest BCUT2D eigenvalue weighted by Crippen LogP contribution is 2.20. The molecule has 0 spiro atoms. The molecular formula is C22H24FN3O3. The Bertz CT molecular complexity index is 919. The largest absolute Gasteiger partial charge is 0.366 e. The van der Waals surface area contributed by atoms with Crippen molar-refractivity contribution >= 4 is 17.7 Å². The van der Waals surface area contributed by atoms with Gasteiger partial charge in [-0.05, 0) is 61.2 Å². The van der Waals surface area contributed by atoms with Gasteiger partial charge >= 0.3 is 0 Å². The van der Waals surface area contributed by atoms with E-state index in [1.165, 1.54) is 18.2 Å². The fourth-order valence-corrected chi connectivity index (χ4v) is 3.38. The molecule has 1 saturated heterocycles. The second kappa shape index (κ2) is 8.86. The monoisotopic (exact) mass is 397 g/mol. The summed E-state index contributed by atoms with van der Waals surface area (Å²) in [6.45, 7) is 2.93. The first kappa shape index (κ1) is 20.5. The Morgan fingerprint density at radius 3 is 2.28 bits per heavy atom. The number of piperidine rings is 1. The van der Waals surface area contributed by atoms with Crippen LogP contribution in [0.4, 0.5) is 4.39 Å². The number of hydrogen-bond donors (Lipinski definition) is 2. The van der Waals surface area contributed by atoms with Crippen molar-refractivity contribution in [1.82, 2.24) is 10.2 Å². The molecule has 1 fully saturated rings. The average Bonchev–Trinajstić information content (AvgIpc) is 2.74. The zero-order valence-corrected chi connectivity index (χ0v) is 16.3. The van der Waals surface area contributed by atoms with E-state index in [1.807, 2.05) is 0 Å². The molecule has 2 aromatic rings. The van der Waals surface area contributed by atoms with Crippen LogP contribution in [0.2, 0.25) is 0 Å². The first-order valence-corrected chi connectivity index (χ1v) is 9.57. The summed E-state index contributed by atoms with van der Waals surface area (Å²) in [6, 6.07) is 11.2. The smallest absolute Gasteiger partial charge is 0.253 e. The number of carbonyl (C=O) groups excluding carboxylic acids is 3. The van der Waals surface area contributed by atoms with Crippen molar-refractivity contribution in [2.24, 2.45) is 11.7 Å². The summed E-state index contributed by atoms with van der Waals surface area (Å²) in [5.41, 5.74) is 7.34. The number of nitrogens with zero attached hydrogens (tertiary/aromatic N) is 1. The Kier molecular flexibility index (Phi) is 6.26. The molecule has 1 heterocycles. The van der Waals surface area contributed by atoms with Crippen molar-refractivity contribution in [2.75, 3.05) is 13.1 Å². The number of hydrogen-bond acceptors (Lipinski definition) is 3. The average molecular weight is 397 g/mol. The highest BCUT2D eigenvalue weighted by Gasteiger charge is 2.27. The van der Waals surface area contributed by atoms with E-state index >= 15 is 0 Å². The van der Waals surface area contributed by atoms with Crippen molar-refractivity contribution in [3.8, 4) is 0 Å². The zero-order valence-electron chi connectivity index (χ0n) is 16.3. The lowest BCUT2D eigenvalue weighted by atomic mass is 9.95. The van der Waals surface area contributed by atoms with Gasteiger partial charge in [-0.2, -0.15) is 0 Å². The van der Waals surface area contributed by atoms with Crippen LogP contribution in [0.3, 0.4) is 0 Å². The predicted octanol–water partition coefficient (Wildman–Crippen LogP) is 2.40. The molecule has 3 N–H and O–H groups in total. The second-order valence-corrected chi connectivity index (χ2v) is 7.31. The highest BCUT2D eigenvalue weighted by molar-refractivity contribution is 5.97. The van der Waals surface area contributed by atoms with E-state index in [-0.39, 0.29) is 30.1 Å². The van der Waals surface area contributed by atoms with Crippen LogP contribution in [0.1, 0.15) is 44.7 Å². The summed E-state index contributed by atoms with van der Waals surface area (Å²) in [6.07, 6.45) is 1.14. The number of rotatable bonds is 5. The summed E-state index contributed by atoms with van der Waals surface area (Å²) >= 11 is 0. The molecule has 0 atom stereocenters. The van der Waals surface area contributed by atoms with Gasteiger partial charge in [-0.25, -0.2) is 4.39 Å². The van der Waals surface area contributed by atoms with E-state index in [2.05, 4.69) is 5.32 Å². The van der Waals surface area contributed by atoms with Gasteiger partial charge in [-0.1, -0.05) is 12.1 Å². The maximum absolute atomic E-state index is 13.6. The number of nitrogens with one attached hydrogen (secondary N) is 1. The van der Waals surface area contributed by atoms with Crippen LogP contribution >= 0.6 is 0 Å². The molecule has 2 aromatic carbocycles. The van der Waals surface area contributed by atoms with Crippen LogP contribution in [0.15, 0.2) is 42.5 Å². The van der Waals surface area contributed by atoms with Gasteiger partial charge in [0, 0.05) is 36.7 Å². The summed E-state index contributed by atoms with van der Waals surface area (Å²) in [5, 5.41) is 2.86. The third-order valence-electron chi connectivity index (χ3n) is 5.27. The summed E-state index contributed by atoms with van der Waals surface area (Å²) < 4.78 is 13.6. The zero-order chi connectivity index (χ0) is 21.0. The van der Waals surface area contributed by atoms with Crippen LogP contribution in [-0.2, 0) is 11.3 Å². The number of benzene rings is 2. The number of aryl methyl sites for hydroxylation is 1. The van der Waals surface area contributed by atoms with Crippen molar-refractivity contribution in [3.05, 3.63) is 70.5 Å². The summed E-state index contributed by atoms with van der Waals surface area (Å²) in [5.74, 6) is -1.21. The normalized spacial score (nSPS) is 14.5. The Balaban J connectivity index is 1.50. The van der Waals surface area contributed by atoms with E-state index in [1.54, 1.807) is 36.1 Å². The van der Waals surface area contributed by atoms with Crippen LogP contribution in [-0.4, -0.2) is 35.7 Å². The molecule has 1 aliphatic heterocycles. The van der Waals surface area contributed by atoms with Crippen LogP contribution in [0.25, 0.3) is 0 Å². The first-order valence-electron chi connectivity index (χ1n) is 9.57. The Morgan fingerprint density at radius 1 is 1.07 bits per heavy atom. The third kappa shape index (κ3) is 4.99. The van der Waals surface area contributed by atoms with E-state index in [0.29, 0.717) is 48.2 Å². The molecular weight excluding hydrogens is 373 g/mol. The Morgan fingerprint density at radius 2 is 1.69 bits per heavy atom. The first-order chi connectivity index (χ1) is 13.8. The van der Waals surface area contributed by atoms with Gasteiger partial charge in [0.2, 0.25) is 11.8 Å². The SMILES string of the molecule is Cc1ccc(CNC(=O)C2CCN(C(=O)c3ccc(C(N)=O)cc3)CC2)cc1F. The van der Waals surface area contributed by atoms with Crippen LogP contribution in [0, 0.1) is 18.7 Å². The van der Waals surface area contributed by atoms with Gasteiger partial charge in [0.05, 0.1) is 0 Å². The van der Waals surface area contributed by atoms with Gasteiger partial charge in [-0.15, -0.1) is 0 Å². The highest BCUT2D eigenvalue weighted by atomic mass is 19.1. The maximum atomic E-state index is 13.6. The predicted molar refractivity (Wildman–Crippen MR) is 107 cm³/mol.